The van der Waals surface area contributed by atoms with Crippen molar-refractivity contribution in [2.75, 3.05) is 5.32 Å². The van der Waals surface area contributed by atoms with Crippen LogP contribution in [0.2, 0.25) is 5.02 Å². The number of benzene rings is 1. The van der Waals surface area contributed by atoms with E-state index in [1.807, 2.05) is 0 Å². The van der Waals surface area contributed by atoms with Crippen LogP contribution in [-0.2, 0) is 11.0 Å². The molecule has 0 radical (unpaired) electrons. The van der Waals surface area contributed by atoms with Gasteiger partial charge < -0.3 is 5.32 Å². The molecule has 2 nitrogen and oxygen atoms in total. The summed E-state index contributed by atoms with van der Waals surface area (Å²) in [5, 5.41) is 1.58. The van der Waals surface area contributed by atoms with Gasteiger partial charge in [0.2, 0.25) is 0 Å². The number of ketones is 1. The Morgan fingerprint density at radius 1 is 1.15 bits per heavy atom. The fraction of sp³-hybridized carbons (Fsp3) is 0.182. The van der Waals surface area contributed by atoms with Crippen LogP contribution >= 0.6 is 11.6 Å². The summed E-state index contributed by atoms with van der Waals surface area (Å²) in [5.41, 5.74) is -1.30. The van der Waals surface area contributed by atoms with Gasteiger partial charge in [0.15, 0.2) is 0 Å². The number of carbonyl (C=O) groups excluding carboxylic acids is 1. The second kappa shape index (κ2) is 5.74. The van der Waals surface area contributed by atoms with E-state index in [0.29, 0.717) is 12.3 Å². The molecule has 0 atom stereocenters. The summed E-state index contributed by atoms with van der Waals surface area (Å²) < 4.78 is 73.1. The van der Waals surface area contributed by atoms with Crippen LogP contribution in [0.3, 0.4) is 0 Å². The lowest BCUT2D eigenvalue weighted by molar-refractivity contribution is -0.165. The standard InChI is InChI=1S/C11H6ClF6NO/c12-8-2-1-6(5-7(8)10(13,14)15)19-4-3-9(20)11(16,17)18/h1-5,19H/b4-3-. The number of hydrogen-bond acceptors (Lipinski definition) is 2. The Hall–Kier alpha value is -1.70. The van der Waals surface area contributed by atoms with Crippen LogP contribution < -0.4 is 5.32 Å². The average molecular weight is 318 g/mol. The van der Waals surface area contributed by atoms with Gasteiger partial charge in [-0.25, -0.2) is 0 Å². The molecule has 0 saturated heterocycles. The third-order valence-corrected chi connectivity index (χ3v) is 2.37. The quantitative estimate of drug-likeness (QED) is 0.660. The van der Waals surface area contributed by atoms with Crippen LogP contribution in [-0.4, -0.2) is 12.0 Å². The molecule has 0 heterocycles. The van der Waals surface area contributed by atoms with Gasteiger partial charge in [0, 0.05) is 18.0 Å². The highest BCUT2D eigenvalue weighted by Crippen LogP contribution is 2.36. The van der Waals surface area contributed by atoms with Gasteiger partial charge in [-0.15, -0.1) is 0 Å². The van der Waals surface area contributed by atoms with E-state index in [4.69, 9.17) is 11.6 Å². The van der Waals surface area contributed by atoms with E-state index < -0.39 is 28.7 Å². The third-order valence-electron chi connectivity index (χ3n) is 2.04. The van der Waals surface area contributed by atoms with Crippen molar-refractivity contribution in [3.63, 3.8) is 0 Å². The van der Waals surface area contributed by atoms with Crippen molar-refractivity contribution in [1.82, 2.24) is 0 Å². The number of carbonyl (C=O) groups is 1. The number of nitrogens with one attached hydrogen (secondary N) is 1. The van der Waals surface area contributed by atoms with E-state index in [-0.39, 0.29) is 11.8 Å². The number of alkyl halides is 6. The maximum absolute atomic E-state index is 12.5. The Kier molecular flexibility index (Phi) is 4.69. The molecular formula is C11H6ClF6NO. The van der Waals surface area contributed by atoms with Gasteiger partial charge >= 0.3 is 12.4 Å². The zero-order valence-corrected chi connectivity index (χ0v) is 10.2. The van der Waals surface area contributed by atoms with Gasteiger partial charge in [0.05, 0.1) is 10.6 Å². The average Bonchev–Trinajstić information content (AvgIpc) is 2.28. The van der Waals surface area contributed by atoms with Gasteiger partial charge in [0.1, 0.15) is 0 Å². The number of halogens is 7. The minimum atomic E-state index is -5.03. The number of hydrogen-bond donors (Lipinski definition) is 1. The van der Waals surface area contributed by atoms with Crippen LogP contribution in [0.4, 0.5) is 32.0 Å². The van der Waals surface area contributed by atoms with E-state index in [2.05, 4.69) is 5.32 Å². The van der Waals surface area contributed by atoms with E-state index in [1.165, 1.54) is 0 Å². The SMILES string of the molecule is O=C(/C=C\Nc1ccc(Cl)c(C(F)(F)F)c1)C(F)(F)F. The molecule has 9 heteroatoms. The highest BCUT2D eigenvalue weighted by Gasteiger charge is 2.36. The molecule has 0 spiro atoms. The minimum absolute atomic E-state index is 0.159. The van der Waals surface area contributed by atoms with Crippen LogP contribution in [0, 0.1) is 0 Å². The first-order chi connectivity index (χ1) is 9.01. The summed E-state index contributed by atoms with van der Waals surface area (Å²) in [6.07, 6.45) is -8.96. The van der Waals surface area contributed by atoms with E-state index in [9.17, 15) is 31.1 Å². The van der Waals surface area contributed by atoms with Crippen LogP contribution in [0.1, 0.15) is 5.56 Å². The van der Waals surface area contributed by atoms with Gasteiger partial charge in [0.25, 0.3) is 5.78 Å². The van der Waals surface area contributed by atoms with Crippen LogP contribution in [0.5, 0.6) is 0 Å². The van der Waals surface area contributed by atoms with E-state index >= 15 is 0 Å². The Bertz CT molecular complexity index is 535. The predicted molar refractivity (Wildman–Crippen MR) is 60.3 cm³/mol. The molecule has 1 aromatic carbocycles. The highest BCUT2D eigenvalue weighted by molar-refractivity contribution is 6.31. The smallest absolute Gasteiger partial charge is 0.362 e. The van der Waals surface area contributed by atoms with E-state index in [1.54, 1.807) is 0 Å². The van der Waals surface area contributed by atoms with Crippen molar-refractivity contribution in [2.24, 2.45) is 0 Å². The molecule has 110 valence electrons. The topological polar surface area (TPSA) is 29.1 Å². The summed E-state index contributed by atoms with van der Waals surface area (Å²) in [6.45, 7) is 0. The zero-order chi connectivity index (χ0) is 15.6. The monoisotopic (exact) mass is 317 g/mol. The second-order valence-corrected chi connectivity index (χ2v) is 3.94. The second-order valence-electron chi connectivity index (χ2n) is 3.53. The van der Waals surface area contributed by atoms with E-state index in [0.717, 1.165) is 12.1 Å². The van der Waals surface area contributed by atoms with Crippen molar-refractivity contribution in [3.8, 4) is 0 Å². The molecule has 0 bridgehead atoms. The van der Waals surface area contributed by atoms with Crippen molar-refractivity contribution in [2.45, 2.75) is 12.4 Å². The van der Waals surface area contributed by atoms with Crippen molar-refractivity contribution >= 4 is 23.1 Å². The number of anilines is 1. The van der Waals surface area contributed by atoms with Crippen LogP contribution in [0.25, 0.3) is 0 Å². The third kappa shape index (κ3) is 4.44. The van der Waals surface area contributed by atoms with Gasteiger partial charge in [-0.1, -0.05) is 11.6 Å². The maximum atomic E-state index is 12.5. The molecule has 0 aliphatic rings. The number of allylic oxidation sites excluding steroid dienone is 1. The molecular weight excluding hydrogens is 312 g/mol. The van der Waals surface area contributed by atoms with Gasteiger partial charge in [-0.2, -0.15) is 26.3 Å². The first-order valence-electron chi connectivity index (χ1n) is 4.93. The molecule has 0 aliphatic carbocycles. The van der Waals surface area contributed by atoms with Crippen molar-refractivity contribution in [3.05, 3.63) is 41.1 Å². The van der Waals surface area contributed by atoms with Gasteiger partial charge in [-0.3, -0.25) is 4.79 Å². The fourth-order valence-corrected chi connectivity index (χ4v) is 1.37. The molecule has 0 unspecified atom stereocenters. The fourth-order valence-electron chi connectivity index (χ4n) is 1.14. The Morgan fingerprint density at radius 3 is 2.25 bits per heavy atom. The van der Waals surface area contributed by atoms with Gasteiger partial charge in [-0.05, 0) is 18.2 Å². The number of rotatable bonds is 3. The van der Waals surface area contributed by atoms with Crippen molar-refractivity contribution in [1.29, 1.82) is 0 Å². The first kappa shape index (κ1) is 16.4. The molecule has 1 aromatic rings. The Morgan fingerprint density at radius 2 is 1.75 bits per heavy atom. The first-order valence-corrected chi connectivity index (χ1v) is 5.30. The largest absolute Gasteiger partial charge is 0.454 e. The highest BCUT2D eigenvalue weighted by atomic mass is 35.5. The molecule has 0 amide bonds. The summed E-state index contributed by atoms with van der Waals surface area (Å²) in [5.74, 6) is -2.13. The lowest BCUT2D eigenvalue weighted by Gasteiger charge is -2.10. The molecule has 1 N–H and O–H groups in total. The normalized spacial score (nSPS) is 12.8. The molecule has 0 aromatic heterocycles. The Labute approximate surface area is 114 Å². The molecule has 0 fully saturated rings. The Balaban J connectivity index is 2.86. The minimum Gasteiger partial charge on any atom is -0.362 e. The predicted octanol–water partition coefficient (Wildman–Crippen LogP) is 4.42. The maximum Gasteiger partial charge on any atom is 0.454 e. The summed E-state index contributed by atoms with van der Waals surface area (Å²) in [4.78, 5) is 10.5. The summed E-state index contributed by atoms with van der Waals surface area (Å²) in [6, 6.07) is 2.68. The summed E-state index contributed by atoms with van der Waals surface area (Å²) in [7, 11) is 0. The molecule has 0 saturated carbocycles. The summed E-state index contributed by atoms with van der Waals surface area (Å²) >= 11 is 5.36. The molecule has 0 aliphatic heterocycles. The lowest BCUT2D eigenvalue weighted by atomic mass is 10.2. The lowest BCUT2D eigenvalue weighted by Crippen LogP contribution is -2.20. The van der Waals surface area contributed by atoms with Crippen molar-refractivity contribution < 1.29 is 31.1 Å². The molecule has 20 heavy (non-hydrogen) atoms. The molecule has 1 rings (SSSR count). The zero-order valence-electron chi connectivity index (χ0n) is 9.44. The van der Waals surface area contributed by atoms with Crippen LogP contribution in [0.15, 0.2) is 30.5 Å².